The van der Waals surface area contributed by atoms with Gasteiger partial charge in [-0.05, 0) is 25.8 Å². The van der Waals surface area contributed by atoms with Crippen LogP contribution in [0.1, 0.15) is 33.1 Å². The second kappa shape index (κ2) is 8.13. The maximum Gasteiger partial charge on any atom is 0.393 e. The standard InChI is InChI=1S/C15H21F3N4O3/c1-3-5-11(19)22-21-10(4-2)7-14(13(24)25)6-9(15(16,17)18)8-20-12(14)23/h4-5,9H,3,6-8,19H2,1-2H3,(H,20,23)(H,24,25)/b10-4-,11-5-,22-21-/t9-,14?/m0/s1. The van der Waals surface area contributed by atoms with Gasteiger partial charge in [0.2, 0.25) is 5.91 Å². The number of aliphatic carboxylic acids is 1. The van der Waals surface area contributed by atoms with Crippen molar-refractivity contribution in [2.24, 2.45) is 27.3 Å². The first-order chi connectivity index (χ1) is 11.6. The molecule has 0 spiro atoms. The zero-order chi connectivity index (χ0) is 19.3. The minimum atomic E-state index is -4.61. The van der Waals surface area contributed by atoms with Crippen LogP contribution >= 0.6 is 0 Å². The third-order valence-electron chi connectivity index (χ3n) is 3.93. The molecule has 0 aromatic heterocycles. The van der Waals surface area contributed by atoms with E-state index in [4.69, 9.17) is 5.73 Å². The minimum Gasteiger partial charge on any atom is -0.480 e. The minimum absolute atomic E-state index is 0.0628. The number of nitrogens with two attached hydrogens (primary N) is 1. The first-order valence-corrected chi connectivity index (χ1v) is 7.67. The number of carbonyl (C=O) groups is 2. The van der Waals surface area contributed by atoms with Crippen LogP contribution in [-0.4, -0.2) is 29.7 Å². The van der Waals surface area contributed by atoms with E-state index in [-0.39, 0.29) is 11.5 Å². The molecule has 1 aliphatic heterocycles. The summed E-state index contributed by atoms with van der Waals surface area (Å²) in [4.78, 5) is 23.8. The lowest BCUT2D eigenvalue weighted by molar-refractivity contribution is -0.194. The van der Waals surface area contributed by atoms with E-state index in [2.05, 4.69) is 15.5 Å². The third-order valence-corrected chi connectivity index (χ3v) is 3.93. The number of amides is 1. The fraction of sp³-hybridized carbons (Fsp3) is 0.600. The molecule has 1 rings (SSSR count). The van der Waals surface area contributed by atoms with Gasteiger partial charge in [0.25, 0.3) is 0 Å². The number of carbonyl (C=O) groups excluding carboxylic acids is 1. The van der Waals surface area contributed by atoms with Crippen LogP contribution < -0.4 is 11.1 Å². The molecule has 0 radical (unpaired) electrons. The fourth-order valence-corrected chi connectivity index (χ4v) is 2.49. The number of hydrogen-bond acceptors (Lipinski definition) is 5. The highest BCUT2D eigenvalue weighted by atomic mass is 19.4. The Balaban J connectivity index is 3.14. The van der Waals surface area contributed by atoms with Crippen molar-refractivity contribution in [1.29, 1.82) is 0 Å². The maximum atomic E-state index is 13.0. The average Bonchev–Trinajstić information content (AvgIpc) is 2.52. The van der Waals surface area contributed by atoms with Gasteiger partial charge in [-0.1, -0.05) is 13.0 Å². The molecule has 25 heavy (non-hydrogen) atoms. The lowest BCUT2D eigenvalue weighted by Crippen LogP contribution is -2.56. The summed E-state index contributed by atoms with van der Waals surface area (Å²) in [5.41, 5.74) is 3.35. The number of rotatable bonds is 6. The molecule has 1 amide bonds. The molecule has 0 saturated carbocycles. The van der Waals surface area contributed by atoms with Crippen molar-refractivity contribution in [2.45, 2.75) is 39.3 Å². The van der Waals surface area contributed by atoms with Crippen molar-refractivity contribution < 1.29 is 27.9 Å². The molecular formula is C15H21F3N4O3. The van der Waals surface area contributed by atoms with Crippen molar-refractivity contribution >= 4 is 11.9 Å². The Morgan fingerprint density at radius 1 is 1.48 bits per heavy atom. The normalized spacial score (nSPS) is 26.0. The molecule has 0 aromatic carbocycles. The quantitative estimate of drug-likeness (QED) is 0.497. The number of allylic oxidation sites excluding steroid dienone is 3. The number of azo groups is 1. The Bertz CT molecular complexity index is 614. The molecule has 140 valence electrons. The van der Waals surface area contributed by atoms with Crippen molar-refractivity contribution in [2.75, 3.05) is 6.54 Å². The van der Waals surface area contributed by atoms with Crippen molar-refractivity contribution in [3.05, 3.63) is 23.7 Å². The predicted molar refractivity (Wildman–Crippen MR) is 83.0 cm³/mol. The number of hydrogen-bond donors (Lipinski definition) is 3. The summed E-state index contributed by atoms with van der Waals surface area (Å²) < 4.78 is 39.0. The maximum absolute atomic E-state index is 13.0. The highest BCUT2D eigenvalue weighted by Gasteiger charge is 2.56. The van der Waals surface area contributed by atoms with Crippen LogP contribution in [0.4, 0.5) is 13.2 Å². The molecule has 10 heteroatoms. The number of nitrogens with zero attached hydrogens (tertiary/aromatic N) is 2. The van der Waals surface area contributed by atoms with E-state index in [9.17, 15) is 27.9 Å². The van der Waals surface area contributed by atoms with Crippen LogP contribution in [0.5, 0.6) is 0 Å². The van der Waals surface area contributed by atoms with Crippen LogP contribution in [0, 0.1) is 11.3 Å². The van der Waals surface area contributed by atoms with E-state index >= 15 is 0 Å². The van der Waals surface area contributed by atoms with Gasteiger partial charge in [-0.2, -0.15) is 18.3 Å². The molecule has 0 bridgehead atoms. The summed E-state index contributed by atoms with van der Waals surface area (Å²) in [6.45, 7) is 2.70. The monoisotopic (exact) mass is 362 g/mol. The van der Waals surface area contributed by atoms with E-state index in [0.29, 0.717) is 6.42 Å². The molecule has 2 atom stereocenters. The second-order valence-corrected chi connectivity index (χ2v) is 5.73. The molecule has 4 N–H and O–H groups in total. The number of carboxylic acids is 1. The smallest absolute Gasteiger partial charge is 0.393 e. The van der Waals surface area contributed by atoms with Crippen LogP contribution in [0.15, 0.2) is 33.9 Å². The van der Waals surface area contributed by atoms with Crippen LogP contribution in [0.2, 0.25) is 0 Å². The van der Waals surface area contributed by atoms with E-state index in [1.807, 2.05) is 6.92 Å². The fourth-order valence-electron chi connectivity index (χ4n) is 2.49. The number of alkyl halides is 3. The zero-order valence-electron chi connectivity index (χ0n) is 13.9. The predicted octanol–water partition coefficient (Wildman–Crippen LogP) is 2.71. The molecule has 1 saturated heterocycles. The summed E-state index contributed by atoms with van der Waals surface area (Å²) in [5.74, 6) is -4.45. The first kappa shape index (κ1) is 20.7. The average molecular weight is 362 g/mol. The van der Waals surface area contributed by atoms with Crippen LogP contribution in [-0.2, 0) is 9.59 Å². The zero-order valence-corrected chi connectivity index (χ0v) is 13.9. The van der Waals surface area contributed by atoms with E-state index in [1.54, 1.807) is 6.08 Å². The van der Waals surface area contributed by atoms with E-state index in [1.165, 1.54) is 13.0 Å². The van der Waals surface area contributed by atoms with Gasteiger partial charge in [0.15, 0.2) is 5.41 Å². The molecule has 1 fully saturated rings. The highest BCUT2D eigenvalue weighted by molar-refractivity contribution is 6.02. The van der Waals surface area contributed by atoms with Gasteiger partial charge in [0, 0.05) is 13.0 Å². The number of nitrogens with one attached hydrogen (secondary N) is 1. The summed E-state index contributed by atoms with van der Waals surface area (Å²) >= 11 is 0. The Morgan fingerprint density at radius 3 is 2.60 bits per heavy atom. The summed E-state index contributed by atoms with van der Waals surface area (Å²) in [5, 5.41) is 19.0. The van der Waals surface area contributed by atoms with Gasteiger partial charge in [-0.15, -0.1) is 5.11 Å². The Morgan fingerprint density at radius 2 is 2.12 bits per heavy atom. The first-order valence-electron chi connectivity index (χ1n) is 7.67. The topological polar surface area (TPSA) is 117 Å². The Labute approximate surface area is 142 Å². The van der Waals surface area contributed by atoms with Crippen molar-refractivity contribution in [3.8, 4) is 0 Å². The van der Waals surface area contributed by atoms with Gasteiger partial charge in [-0.3, -0.25) is 9.59 Å². The van der Waals surface area contributed by atoms with Gasteiger partial charge in [0.05, 0.1) is 11.6 Å². The lowest BCUT2D eigenvalue weighted by Gasteiger charge is -2.37. The van der Waals surface area contributed by atoms with Crippen LogP contribution in [0.3, 0.4) is 0 Å². The Hall–Kier alpha value is -2.39. The molecule has 7 nitrogen and oxygen atoms in total. The van der Waals surface area contributed by atoms with Gasteiger partial charge >= 0.3 is 12.1 Å². The Kier molecular flexibility index (Phi) is 6.71. The summed E-state index contributed by atoms with van der Waals surface area (Å²) in [6.07, 6.45) is -2.43. The molecule has 0 aliphatic carbocycles. The van der Waals surface area contributed by atoms with Gasteiger partial charge < -0.3 is 16.2 Å². The number of carboxylic acid groups (broad SMARTS) is 1. The largest absolute Gasteiger partial charge is 0.480 e. The van der Waals surface area contributed by atoms with Crippen LogP contribution in [0.25, 0.3) is 0 Å². The summed E-state index contributed by atoms with van der Waals surface area (Å²) in [7, 11) is 0. The SMILES string of the molecule is C\C=C(CC1(C(=O)O)C[C@H](C(F)(F)F)CNC1=O)/N=N\C(N)=C/CC. The molecule has 1 heterocycles. The van der Waals surface area contributed by atoms with E-state index < -0.39 is 48.8 Å². The van der Waals surface area contributed by atoms with E-state index in [0.717, 1.165) is 0 Å². The number of halogens is 3. The highest BCUT2D eigenvalue weighted by Crippen LogP contribution is 2.43. The van der Waals surface area contributed by atoms with Gasteiger partial charge in [-0.25, -0.2) is 0 Å². The molecular weight excluding hydrogens is 341 g/mol. The number of piperidine rings is 1. The molecule has 0 aromatic rings. The van der Waals surface area contributed by atoms with Gasteiger partial charge in [0.1, 0.15) is 5.82 Å². The van der Waals surface area contributed by atoms with Crippen molar-refractivity contribution in [3.63, 3.8) is 0 Å². The molecule has 1 aliphatic rings. The second-order valence-electron chi connectivity index (χ2n) is 5.73. The lowest BCUT2D eigenvalue weighted by atomic mass is 9.72. The molecule has 1 unspecified atom stereocenters. The summed E-state index contributed by atoms with van der Waals surface area (Å²) in [6, 6.07) is 0. The van der Waals surface area contributed by atoms with Crippen molar-refractivity contribution in [1.82, 2.24) is 5.32 Å². The third kappa shape index (κ3) is 5.04.